The number of nitrogens with zero attached hydrogens (tertiary/aromatic N) is 1. The van der Waals surface area contributed by atoms with Crippen molar-refractivity contribution in [2.75, 3.05) is 13.2 Å². The Morgan fingerprint density at radius 3 is 2.64 bits per heavy atom. The van der Waals surface area contributed by atoms with Crippen molar-refractivity contribution < 1.29 is 23.8 Å². The number of rotatable bonds is 5. The molecule has 1 aromatic rings. The van der Waals surface area contributed by atoms with Gasteiger partial charge in [-0.25, -0.2) is 4.39 Å². The maximum absolute atomic E-state index is 12.9. The average molecular weight is 309 g/mol. The minimum Gasteiger partial charge on any atom is -0.480 e. The lowest BCUT2D eigenvalue weighted by Gasteiger charge is -2.31. The lowest BCUT2D eigenvalue weighted by atomic mass is 9.94. The maximum atomic E-state index is 12.9. The van der Waals surface area contributed by atoms with Crippen molar-refractivity contribution in [3.8, 4) is 0 Å². The Kier molecular flexibility index (Phi) is 5.49. The van der Waals surface area contributed by atoms with Crippen LogP contribution in [0.3, 0.4) is 0 Å². The molecule has 0 aromatic heterocycles. The molecule has 1 fully saturated rings. The van der Waals surface area contributed by atoms with E-state index >= 15 is 0 Å². The fraction of sp³-hybridized carbons (Fsp3) is 0.500. The number of ether oxygens (including phenoxy) is 1. The highest BCUT2D eigenvalue weighted by Gasteiger charge is 2.30. The molecule has 6 heteroatoms. The monoisotopic (exact) mass is 309 g/mol. The second kappa shape index (κ2) is 7.35. The molecule has 0 bridgehead atoms. The Morgan fingerprint density at radius 2 is 2.05 bits per heavy atom. The van der Waals surface area contributed by atoms with E-state index in [4.69, 9.17) is 9.84 Å². The molecule has 2 rings (SSSR count). The molecule has 1 aliphatic heterocycles. The van der Waals surface area contributed by atoms with Crippen LogP contribution in [0.2, 0.25) is 0 Å². The Morgan fingerprint density at radius 1 is 1.36 bits per heavy atom. The summed E-state index contributed by atoms with van der Waals surface area (Å²) in [6, 6.07) is 5.72. The van der Waals surface area contributed by atoms with Crippen molar-refractivity contribution in [2.45, 2.75) is 32.4 Å². The van der Waals surface area contributed by atoms with Crippen LogP contribution in [0, 0.1) is 11.7 Å². The number of carboxylic acid groups (broad SMARTS) is 1. The maximum Gasteiger partial charge on any atom is 0.323 e. The Hall–Kier alpha value is -1.95. The molecule has 1 aliphatic rings. The van der Waals surface area contributed by atoms with Crippen LogP contribution < -0.4 is 0 Å². The predicted molar refractivity (Wildman–Crippen MR) is 77.6 cm³/mol. The molecule has 1 heterocycles. The molecule has 1 saturated heterocycles. The molecular weight excluding hydrogens is 289 g/mol. The number of benzene rings is 1. The van der Waals surface area contributed by atoms with Gasteiger partial charge >= 0.3 is 5.97 Å². The quantitative estimate of drug-likeness (QED) is 0.904. The molecule has 22 heavy (non-hydrogen) atoms. The van der Waals surface area contributed by atoms with Crippen LogP contribution in [0.25, 0.3) is 0 Å². The second-order valence-electron chi connectivity index (χ2n) is 5.62. The first-order chi connectivity index (χ1) is 10.5. The SMILES string of the molecule is C[C@H]1C[C@H](C(=O)N(CC(=O)O)Cc2ccc(F)cc2)CCO1. The van der Waals surface area contributed by atoms with E-state index in [1.807, 2.05) is 6.92 Å². The summed E-state index contributed by atoms with van der Waals surface area (Å²) >= 11 is 0. The van der Waals surface area contributed by atoms with Gasteiger partial charge in [0.1, 0.15) is 12.4 Å². The molecule has 0 saturated carbocycles. The minimum absolute atomic E-state index is 0.000184. The third-order valence-corrected chi connectivity index (χ3v) is 3.76. The summed E-state index contributed by atoms with van der Waals surface area (Å²) < 4.78 is 18.4. The highest BCUT2D eigenvalue weighted by molar-refractivity contribution is 5.83. The van der Waals surface area contributed by atoms with Crippen LogP contribution in [0.1, 0.15) is 25.3 Å². The van der Waals surface area contributed by atoms with Gasteiger partial charge in [-0.05, 0) is 37.5 Å². The zero-order valence-electron chi connectivity index (χ0n) is 12.5. The third kappa shape index (κ3) is 4.53. The summed E-state index contributed by atoms with van der Waals surface area (Å²) in [7, 11) is 0. The van der Waals surface area contributed by atoms with E-state index in [2.05, 4.69) is 0 Å². The Labute approximate surface area is 128 Å². The first-order valence-corrected chi connectivity index (χ1v) is 7.32. The number of aliphatic carboxylic acids is 1. The van der Waals surface area contributed by atoms with E-state index in [1.54, 1.807) is 12.1 Å². The smallest absolute Gasteiger partial charge is 0.323 e. The summed E-state index contributed by atoms with van der Waals surface area (Å²) in [6.45, 7) is 2.22. The van der Waals surface area contributed by atoms with Crippen molar-refractivity contribution in [3.05, 3.63) is 35.6 Å². The van der Waals surface area contributed by atoms with Gasteiger partial charge in [-0.15, -0.1) is 0 Å². The zero-order valence-corrected chi connectivity index (χ0v) is 12.5. The van der Waals surface area contributed by atoms with E-state index in [1.165, 1.54) is 17.0 Å². The van der Waals surface area contributed by atoms with Crippen molar-refractivity contribution >= 4 is 11.9 Å². The summed E-state index contributed by atoms with van der Waals surface area (Å²) in [5.74, 6) is -1.82. The third-order valence-electron chi connectivity index (χ3n) is 3.76. The van der Waals surface area contributed by atoms with Crippen LogP contribution in [-0.4, -0.2) is 41.1 Å². The molecule has 0 aliphatic carbocycles. The molecule has 0 spiro atoms. The molecule has 0 radical (unpaired) electrons. The molecule has 120 valence electrons. The van der Waals surface area contributed by atoms with Crippen LogP contribution in [-0.2, 0) is 20.9 Å². The first kappa shape index (κ1) is 16.4. The summed E-state index contributed by atoms with van der Waals surface area (Å²) in [5, 5.41) is 9.03. The number of hydrogen-bond donors (Lipinski definition) is 1. The molecule has 5 nitrogen and oxygen atoms in total. The summed E-state index contributed by atoms with van der Waals surface area (Å²) in [5.41, 5.74) is 0.705. The van der Waals surface area contributed by atoms with E-state index in [0.29, 0.717) is 25.0 Å². The molecule has 0 unspecified atom stereocenters. The van der Waals surface area contributed by atoms with Crippen molar-refractivity contribution in [3.63, 3.8) is 0 Å². The Bertz CT molecular complexity index is 531. The molecule has 1 N–H and O–H groups in total. The normalized spacial score (nSPS) is 21.4. The number of halogens is 1. The zero-order chi connectivity index (χ0) is 16.1. The highest BCUT2D eigenvalue weighted by Crippen LogP contribution is 2.23. The van der Waals surface area contributed by atoms with Gasteiger partial charge in [-0.1, -0.05) is 12.1 Å². The van der Waals surface area contributed by atoms with Crippen molar-refractivity contribution in [1.82, 2.24) is 4.90 Å². The first-order valence-electron chi connectivity index (χ1n) is 7.32. The van der Waals surface area contributed by atoms with Crippen LogP contribution >= 0.6 is 0 Å². The molecular formula is C16H20FNO4. The van der Waals surface area contributed by atoms with Crippen LogP contribution in [0.4, 0.5) is 4.39 Å². The summed E-state index contributed by atoms with van der Waals surface area (Å²) in [4.78, 5) is 24.9. The van der Waals surface area contributed by atoms with E-state index in [0.717, 1.165) is 0 Å². The topological polar surface area (TPSA) is 66.8 Å². The fourth-order valence-corrected chi connectivity index (χ4v) is 2.67. The molecule has 1 amide bonds. The van der Waals surface area contributed by atoms with Gasteiger partial charge < -0.3 is 14.7 Å². The fourth-order valence-electron chi connectivity index (χ4n) is 2.67. The number of carbonyl (C=O) groups excluding carboxylic acids is 1. The average Bonchev–Trinajstić information content (AvgIpc) is 2.47. The summed E-state index contributed by atoms with van der Waals surface area (Å²) in [6.07, 6.45) is 1.20. The number of amides is 1. The van der Waals surface area contributed by atoms with Crippen LogP contribution in [0.5, 0.6) is 0 Å². The van der Waals surface area contributed by atoms with Gasteiger partial charge in [0.05, 0.1) is 6.10 Å². The van der Waals surface area contributed by atoms with Gasteiger partial charge in [0.25, 0.3) is 0 Å². The Balaban J connectivity index is 2.09. The van der Waals surface area contributed by atoms with Gasteiger partial charge in [-0.2, -0.15) is 0 Å². The predicted octanol–water partition coefficient (Wildman–Crippen LogP) is 2.05. The van der Waals surface area contributed by atoms with Gasteiger partial charge in [0.15, 0.2) is 0 Å². The van der Waals surface area contributed by atoms with Crippen molar-refractivity contribution in [1.29, 1.82) is 0 Å². The van der Waals surface area contributed by atoms with Crippen LogP contribution in [0.15, 0.2) is 24.3 Å². The number of carbonyl (C=O) groups is 2. The standard InChI is InChI=1S/C16H20FNO4/c1-11-8-13(6-7-22-11)16(21)18(10-15(19)20)9-12-2-4-14(17)5-3-12/h2-5,11,13H,6-10H2,1H3,(H,19,20)/t11-,13+/m0/s1. The number of carboxylic acids is 1. The van der Waals surface area contributed by atoms with Crippen molar-refractivity contribution in [2.24, 2.45) is 5.92 Å². The minimum atomic E-state index is -1.06. The van der Waals surface area contributed by atoms with Gasteiger partial charge in [0, 0.05) is 19.1 Å². The second-order valence-corrected chi connectivity index (χ2v) is 5.62. The van der Waals surface area contributed by atoms with Gasteiger partial charge in [0.2, 0.25) is 5.91 Å². The van der Waals surface area contributed by atoms with Gasteiger partial charge in [-0.3, -0.25) is 9.59 Å². The lowest BCUT2D eigenvalue weighted by Crippen LogP contribution is -2.42. The molecule has 2 atom stereocenters. The largest absolute Gasteiger partial charge is 0.480 e. The molecule has 1 aromatic carbocycles. The van der Waals surface area contributed by atoms with E-state index in [-0.39, 0.29) is 36.8 Å². The van der Waals surface area contributed by atoms with E-state index < -0.39 is 5.97 Å². The number of hydrogen-bond acceptors (Lipinski definition) is 3. The highest BCUT2D eigenvalue weighted by atomic mass is 19.1. The van der Waals surface area contributed by atoms with E-state index in [9.17, 15) is 14.0 Å². The lowest BCUT2D eigenvalue weighted by molar-refractivity contribution is -0.149.